The first-order valence-corrected chi connectivity index (χ1v) is 16.9. The van der Waals surface area contributed by atoms with Crippen LogP contribution in [0, 0.1) is 11.7 Å². The fraction of sp³-hybridized carbons (Fsp3) is 0.600. The molecule has 2 aliphatic carbocycles. The molecular weight excluding hydrogens is 631 g/mol. The van der Waals surface area contributed by atoms with Gasteiger partial charge in [-0.05, 0) is 43.7 Å². The van der Waals surface area contributed by atoms with E-state index >= 15 is 0 Å². The zero-order chi connectivity index (χ0) is 33.0. The third kappa shape index (κ3) is 6.46. The Hall–Kier alpha value is -3.66. The van der Waals surface area contributed by atoms with Crippen LogP contribution in [0.1, 0.15) is 62.5 Å². The molecular formula is C30H36F3N5O7S. The van der Waals surface area contributed by atoms with Crippen molar-refractivity contribution in [2.45, 2.75) is 99.4 Å². The van der Waals surface area contributed by atoms with Crippen molar-refractivity contribution in [3.63, 3.8) is 0 Å². The molecule has 6 rings (SSSR count). The third-order valence-corrected chi connectivity index (χ3v) is 11.3. The molecule has 2 saturated carbocycles. The van der Waals surface area contributed by atoms with Gasteiger partial charge in [0.25, 0.3) is 5.91 Å². The van der Waals surface area contributed by atoms with Crippen LogP contribution in [0.3, 0.4) is 0 Å². The highest BCUT2D eigenvalue weighted by molar-refractivity contribution is 7.91. The Morgan fingerprint density at radius 1 is 1.11 bits per heavy atom. The normalized spacial score (nSPS) is 31.8. The number of ether oxygens (including phenoxy) is 1. The number of sulfonamides is 1. The molecule has 46 heavy (non-hydrogen) atoms. The number of hydrogen-bond donors (Lipinski definition) is 3. The lowest BCUT2D eigenvalue weighted by Crippen LogP contribution is -2.57. The van der Waals surface area contributed by atoms with Crippen molar-refractivity contribution in [1.29, 1.82) is 0 Å². The molecule has 1 aromatic rings. The van der Waals surface area contributed by atoms with Crippen molar-refractivity contribution in [3.05, 3.63) is 47.3 Å². The zero-order valence-corrected chi connectivity index (χ0v) is 25.7. The summed E-state index contributed by atoms with van der Waals surface area (Å²) in [6.45, 7) is -0.212. The van der Waals surface area contributed by atoms with Crippen molar-refractivity contribution in [2.24, 2.45) is 11.7 Å². The predicted octanol–water partition coefficient (Wildman–Crippen LogP) is 1.82. The maximum Gasteiger partial charge on any atom is 0.410 e. The number of carbonyl (C=O) groups excluding carboxylic acids is 4. The topological polar surface area (TPSA) is 168 Å². The highest BCUT2D eigenvalue weighted by Crippen LogP contribution is 2.46. The van der Waals surface area contributed by atoms with E-state index in [4.69, 9.17) is 10.5 Å². The minimum Gasteiger partial charge on any atom is -0.444 e. The summed E-state index contributed by atoms with van der Waals surface area (Å²) < 4.78 is 76.4. The number of amides is 4. The molecule has 3 fully saturated rings. The Kier molecular flexibility index (Phi) is 8.32. The van der Waals surface area contributed by atoms with Crippen LogP contribution in [0.25, 0.3) is 0 Å². The predicted molar refractivity (Wildman–Crippen MR) is 156 cm³/mol. The summed E-state index contributed by atoms with van der Waals surface area (Å²) in [5.74, 6) is -6.83. The van der Waals surface area contributed by atoms with Gasteiger partial charge in [-0.15, -0.1) is 0 Å². The summed E-state index contributed by atoms with van der Waals surface area (Å²) in [5.41, 5.74) is 5.34. The third-order valence-electron chi connectivity index (χ3n) is 9.45. The van der Waals surface area contributed by atoms with E-state index in [1.807, 2.05) is 0 Å². The molecule has 12 nitrogen and oxygen atoms in total. The minimum absolute atomic E-state index is 0.0162. The van der Waals surface area contributed by atoms with Crippen molar-refractivity contribution in [2.75, 3.05) is 6.54 Å². The molecule has 4 N–H and O–H groups in total. The Morgan fingerprint density at radius 3 is 2.59 bits per heavy atom. The first-order valence-electron chi connectivity index (χ1n) is 15.4. The van der Waals surface area contributed by atoms with E-state index < -0.39 is 93.3 Å². The van der Waals surface area contributed by atoms with E-state index in [1.54, 1.807) is 6.07 Å². The fourth-order valence-electron chi connectivity index (χ4n) is 6.45. The number of rotatable bonds is 4. The van der Waals surface area contributed by atoms with E-state index in [1.165, 1.54) is 29.2 Å². The lowest BCUT2D eigenvalue weighted by atomic mass is 10.0. The van der Waals surface area contributed by atoms with Gasteiger partial charge in [0.2, 0.25) is 27.8 Å². The highest BCUT2D eigenvalue weighted by Gasteiger charge is 2.62. The molecule has 3 aliphatic heterocycles. The van der Waals surface area contributed by atoms with Crippen LogP contribution in [0.2, 0.25) is 0 Å². The number of halogens is 3. The van der Waals surface area contributed by atoms with Gasteiger partial charge in [0.15, 0.2) is 0 Å². The summed E-state index contributed by atoms with van der Waals surface area (Å²) in [4.78, 5) is 56.1. The van der Waals surface area contributed by atoms with Gasteiger partial charge in [0.1, 0.15) is 23.5 Å². The van der Waals surface area contributed by atoms with E-state index in [0.717, 1.165) is 4.90 Å². The second kappa shape index (κ2) is 11.9. The highest BCUT2D eigenvalue weighted by atomic mass is 32.2. The maximum atomic E-state index is 14.6. The molecule has 4 amide bonds. The van der Waals surface area contributed by atoms with Gasteiger partial charge in [-0.2, -0.15) is 0 Å². The summed E-state index contributed by atoms with van der Waals surface area (Å²) >= 11 is 0. The quantitative estimate of drug-likeness (QED) is 0.409. The molecule has 0 aromatic heterocycles. The van der Waals surface area contributed by atoms with E-state index in [2.05, 4.69) is 10.0 Å². The van der Waals surface area contributed by atoms with Gasteiger partial charge < -0.3 is 20.7 Å². The number of nitrogens with two attached hydrogens (primary N) is 1. The largest absolute Gasteiger partial charge is 0.444 e. The molecule has 1 saturated heterocycles. The molecule has 250 valence electrons. The average molecular weight is 668 g/mol. The van der Waals surface area contributed by atoms with Crippen LogP contribution in [-0.4, -0.2) is 83.5 Å². The molecule has 5 atom stereocenters. The second-order valence-corrected chi connectivity index (χ2v) is 14.9. The monoisotopic (exact) mass is 667 g/mol. The van der Waals surface area contributed by atoms with Gasteiger partial charge in [-0.3, -0.25) is 24.0 Å². The van der Waals surface area contributed by atoms with Crippen molar-refractivity contribution in [3.8, 4) is 0 Å². The number of hydrogen-bond acceptors (Lipinski definition) is 8. The van der Waals surface area contributed by atoms with Crippen LogP contribution in [0.4, 0.5) is 18.0 Å². The van der Waals surface area contributed by atoms with Crippen molar-refractivity contribution in [1.82, 2.24) is 19.8 Å². The maximum absolute atomic E-state index is 14.6. The van der Waals surface area contributed by atoms with E-state index in [0.29, 0.717) is 24.0 Å². The van der Waals surface area contributed by atoms with Crippen LogP contribution in [0.5, 0.6) is 0 Å². The number of fused-ring (bicyclic) bond motifs is 3. The Balaban J connectivity index is 1.23. The first kappa shape index (κ1) is 32.3. The average Bonchev–Trinajstić information content (AvgIpc) is 3.88. The lowest BCUT2D eigenvalue weighted by Gasteiger charge is -2.28. The molecule has 3 heterocycles. The Bertz CT molecular complexity index is 1590. The zero-order valence-electron chi connectivity index (χ0n) is 24.9. The number of allylic oxidation sites excluding steroid dienone is 1. The Labute approximate surface area is 263 Å². The van der Waals surface area contributed by atoms with Gasteiger partial charge >= 0.3 is 6.09 Å². The van der Waals surface area contributed by atoms with Crippen LogP contribution in [0.15, 0.2) is 30.4 Å². The summed E-state index contributed by atoms with van der Waals surface area (Å²) in [6.07, 6.45) is 0.189. The number of alkyl halides is 2. The first-order chi connectivity index (χ1) is 21.7. The number of carbonyl (C=O) groups is 4. The van der Waals surface area contributed by atoms with Crippen molar-refractivity contribution < 1.29 is 45.5 Å². The van der Waals surface area contributed by atoms with Gasteiger partial charge in [-0.25, -0.2) is 26.4 Å². The standard InChI is InChI=1S/C30H36F3N5O7S/c31-22-6-3-4-17-14-37(16-21(17)22)28(42)45-19-12-24-25(39)35-30(27(41)36-46(43,44)20-7-8-20)13-18(30)5-1-2-10-29(32,33)11-9-23(34)26(40)38(24)15-19/h1,3-6,18-20,23-24H,2,7-16,34H2,(H,35,39)(H,36,41)/b5-1-/t18-,19+,23-,24-,30+/m0/s1. The molecule has 0 bridgehead atoms. The van der Waals surface area contributed by atoms with E-state index in [9.17, 15) is 40.8 Å². The Morgan fingerprint density at radius 2 is 1.87 bits per heavy atom. The minimum atomic E-state index is -3.97. The fourth-order valence-corrected chi connectivity index (χ4v) is 7.82. The molecule has 16 heteroatoms. The lowest BCUT2D eigenvalue weighted by molar-refractivity contribution is -0.141. The summed E-state index contributed by atoms with van der Waals surface area (Å²) in [6, 6.07) is 1.82. The van der Waals surface area contributed by atoms with Gasteiger partial charge in [-0.1, -0.05) is 24.3 Å². The smallest absolute Gasteiger partial charge is 0.410 e. The molecule has 0 radical (unpaired) electrons. The molecule has 0 spiro atoms. The molecule has 1 aromatic carbocycles. The number of benzene rings is 1. The summed E-state index contributed by atoms with van der Waals surface area (Å²) in [5, 5.41) is 1.94. The number of nitrogens with zero attached hydrogens (tertiary/aromatic N) is 2. The van der Waals surface area contributed by atoms with E-state index in [-0.39, 0.29) is 45.3 Å². The second-order valence-electron chi connectivity index (χ2n) is 12.9. The van der Waals surface area contributed by atoms with Crippen LogP contribution >= 0.6 is 0 Å². The van der Waals surface area contributed by atoms with Crippen LogP contribution in [-0.2, 0) is 42.2 Å². The van der Waals surface area contributed by atoms with Crippen LogP contribution < -0.4 is 15.8 Å². The number of nitrogens with one attached hydrogen (secondary N) is 2. The van der Waals surface area contributed by atoms with Gasteiger partial charge in [0.05, 0.1) is 24.4 Å². The van der Waals surface area contributed by atoms with Gasteiger partial charge in [0, 0.05) is 37.3 Å². The summed E-state index contributed by atoms with van der Waals surface area (Å²) in [7, 11) is -3.97. The molecule has 0 unspecified atom stereocenters. The SMILES string of the molecule is N[C@H]1CCC(F)(F)CC/C=C\[C@H]2C[C@@]2(C(=O)NS(=O)(=O)C2CC2)NC(=O)[C@@H]2C[C@@H](OC(=O)N3Cc4cccc(F)c4C3)CN2C1=O. The van der Waals surface area contributed by atoms with Crippen molar-refractivity contribution >= 4 is 33.8 Å². The molecule has 5 aliphatic rings.